The number of amides is 1. The minimum atomic E-state index is -0.111. The Morgan fingerprint density at radius 2 is 2.06 bits per heavy atom. The molecular formula is C23H29N5O2S. The van der Waals surface area contributed by atoms with E-state index >= 15 is 0 Å². The lowest BCUT2D eigenvalue weighted by atomic mass is 10.1. The van der Waals surface area contributed by atoms with Crippen LogP contribution in [0, 0.1) is 6.92 Å². The molecule has 0 aliphatic carbocycles. The molecule has 0 fully saturated rings. The predicted octanol–water partition coefficient (Wildman–Crippen LogP) is 4.36. The molecule has 0 spiro atoms. The summed E-state index contributed by atoms with van der Waals surface area (Å²) >= 11 is 1.50. The zero-order chi connectivity index (χ0) is 22.5. The number of hydrogen-bond donors (Lipinski definition) is 0. The standard InChI is InChI=1S/C23H29N5O2S/c1-7-18-14-30-19(24-18)15-31-23-25-21(27(6)8-2)20(22(29)26(4)5)28(23)13-17-11-9-10-16(3)12-17/h8-12,14H,2,7,13,15H2,1,3-6H3. The highest BCUT2D eigenvalue weighted by Crippen LogP contribution is 2.31. The van der Waals surface area contributed by atoms with Crippen LogP contribution >= 0.6 is 11.8 Å². The Labute approximate surface area is 187 Å². The van der Waals surface area contributed by atoms with Crippen molar-refractivity contribution in [1.82, 2.24) is 19.4 Å². The summed E-state index contributed by atoms with van der Waals surface area (Å²) in [4.78, 5) is 25.8. The molecule has 0 bridgehead atoms. The monoisotopic (exact) mass is 439 g/mol. The molecule has 3 aromatic rings. The van der Waals surface area contributed by atoms with Crippen molar-refractivity contribution in [3.05, 3.63) is 71.7 Å². The third kappa shape index (κ3) is 5.19. The summed E-state index contributed by atoms with van der Waals surface area (Å²) in [5, 5.41) is 0.728. The molecule has 0 aliphatic heterocycles. The summed E-state index contributed by atoms with van der Waals surface area (Å²) in [6.07, 6.45) is 4.17. The van der Waals surface area contributed by atoms with Crippen LogP contribution in [0.2, 0.25) is 0 Å². The quantitative estimate of drug-likeness (QED) is 0.462. The molecule has 2 aromatic heterocycles. The molecule has 31 heavy (non-hydrogen) atoms. The summed E-state index contributed by atoms with van der Waals surface area (Å²) in [6, 6.07) is 8.27. The minimum Gasteiger partial charge on any atom is -0.448 e. The summed E-state index contributed by atoms with van der Waals surface area (Å²) in [7, 11) is 5.33. The van der Waals surface area contributed by atoms with Gasteiger partial charge in [-0.3, -0.25) is 4.79 Å². The highest BCUT2D eigenvalue weighted by molar-refractivity contribution is 7.98. The largest absolute Gasteiger partial charge is 0.448 e. The number of imidazole rings is 1. The van der Waals surface area contributed by atoms with E-state index < -0.39 is 0 Å². The zero-order valence-electron chi connectivity index (χ0n) is 18.8. The topological polar surface area (TPSA) is 67.4 Å². The number of anilines is 1. The molecule has 3 rings (SSSR count). The van der Waals surface area contributed by atoms with Gasteiger partial charge in [-0.15, -0.1) is 0 Å². The van der Waals surface area contributed by atoms with E-state index in [1.807, 2.05) is 24.6 Å². The van der Waals surface area contributed by atoms with Crippen LogP contribution in [0.3, 0.4) is 0 Å². The van der Waals surface area contributed by atoms with E-state index in [9.17, 15) is 4.79 Å². The molecule has 0 aliphatic rings. The van der Waals surface area contributed by atoms with Crippen LogP contribution in [0.4, 0.5) is 5.82 Å². The Morgan fingerprint density at radius 3 is 2.68 bits per heavy atom. The maximum absolute atomic E-state index is 13.2. The third-order valence-electron chi connectivity index (χ3n) is 4.84. The van der Waals surface area contributed by atoms with Gasteiger partial charge in [0.15, 0.2) is 16.7 Å². The van der Waals surface area contributed by atoms with Crippen LogP contribution < -0.4 is 4.90 Å². The van der Waals surface area contributed by atoms with Gasteiger partial charge in [0.05, 0.1) is 18.0 Å². The molecule has 1 aromatic carbocycles. The van der Waals surface area contributed by atoms with E-state index in [-0.39, 0.29) is 5.91 Å². The third-order valence-corrected chi connectivity index (χ3v) is 5.80. The number of carbonyl (C=O) groups is 1. The van der Waals surface area contributed by atoms with Gasteiger partial charge in [0.1, 0.15) is 6.26 Å². The molecule has 7 nitrogen and oxygen atoms in total. The SMILES string of the molecule is C=CN(C)c1nc(SCc2nc(CC)co2)n(Cc2cccc(C)c2)c1C(=O)N(C)C. The minimum absolute atomic E-state index is 0.111. The van der Waals surface area contributed by atoms with Crippen molar-refractivity contribution in [2.45, 2.75) is 37.7 Å². The average Bonchev–Trinajstić information content (AvgIpc) is 3.35. The second-order valence-corrected chi connectivity index (χ2v) is 8.45. The number of nitrogens with zero attached hydrogens (tertiary/aromatic N) is 5. The van der Waals surface area contributed by atoms with Crippen molar-refractivity contribution in [1.29, 1.82) is 0 Å². The van der Waals surface area contributed by atoms with Crippen molar-refractivity contribution in [2.24, 2.45) is 0 Å². The van der Waals surface area contributed by atoms with E-state index in [1.54, 1.807) is 36.4 Å². The Hall–Kier alpha value is -3.00. The first kappa shape index (κ1) is 22.7. The van der Waals surface area contributed by atoms with Crippen LogP contribution in [-0.4, -0.2) is 46.5 Å². The number of thioether (sulfide) groups is 1. The van der Waals surface area contributed by atoms with Crippen LogP contribution in [-0.2, 0) is 18.7 Å². The van der Waals surface area contributed by atoms with Crippen LogP contribution in [0.1, 0.15) is 40.1 Å². The molecule has 0 N–H and O–H groups in total. The Balaban J connectivity index is 2.05. The fourth-order valence-corrected chi connectivity index (χ4v) is 3.98. The molecule has 0 atom stereocenters. The maximum Gasteiger partial charge on any atom is 0.273 e. The van der Waals surface area contributed by atoms with Gasteiger partial charge in [0.25, 0.3) is 5.91 Å². The fraction of sp³-hybridized carbons (Fsp3) is 0.348. The highest BCUT2D eigenvalue weighted by Gasteiger charge is 2.26. The summed E-state index contributed by atoms with van der Waals surface area (Å²) in [6.45, 7) is 8.47. The number of rotatable bonds is 9. The van der Waals surface area contributed by atoms with Gasteiger partial charge in [-0.1, -0.05) is 55.1 Å². The van der Waals surface area contributed by atoms with Crippen molar-refractivity contribution in [3.8, 4) is 0 Å². The molecule has 0 unspecified atom stereocenters. The second kappa shape index (κ2) is 9.87. The Bertz CT molecular complexity index is 1070. The average molecular weight is 440 g/mol. The van der Waals surface area contributed by atoms with E-state index in [4.69, 9.17) is 9.40 Å². The molecule has 0 saturated heterocycles. The molecule has 1 amide bonds. The molecular weight excluding hydrogens is 410 g/mol. The highest BCUT2D eigenvalue weighted by atomic mass is 32.2. The first-order valence-corrected chi connectivity index (χ1v) is 11.1. The first-order chi connectivity index (χ1) is 14.8. The normalized spacial score (nSPS) is 10.9. The molecule has 164 valence electrons. The zero-order valence-corrected chi connectivity index (χ0v) is 19.6. The summed E-state index contributed by atoms with van der Waals surface area (Å²) < 4.78 is 7.54. The molecule has 2 heterocycles. The molecule has 0 radical (unpaired) electrons. The number of hydrogen-bond acceptors (Lipinski definition) is 6. The van der Waals surface area contributed by atoms with Crippen molar-refractivity contribution >= 4 is 23.5 Å². The van der Waals surface area contributed by atoms with Crippen LogP contribution in [0.25, 0.3) is 0 Å². The maximum atomic E-state index is 13.2. The number of carbonyl (C=O) groups excluding carboxylic acids is 1. The van der Waals surface area contributed by atoms with Gasteiger partial charge in [0, 0.05) is 21.1 Å². The lowest BCUT2D eigenvalue weighted by Crippen LogP contribution is -2.27. The lowest BCUT2D eigenvalue weighted by Gasteiger charge is -2.18. The van der Waals surface area contributed by atoms with Gasteiger partial charge >= 0.3 is 0 Å². The van der Waals surface area contributed by atoms with Gasteiger partial charge in [0.2, 0.25) is 5.89 Å². The predicted molar refractivity (Wildman–Crippen MR) is 125 cm³/mol. The van der Waals surface area contributed by atoms with Gasteiger partial charge < -0.3 is 18.8 Å². The van der Waals surface area contributed by atoms with Crippen molar-refractivity contribution < 1.29 is 9.21 Å². The van der Waals surface area contributed by atoms with Crippen LogP contribution in [0.5, 0.6) is 0 Å². The molecule has 0 saturated carbocycles. The van der Waals surface area contributed by atoms with E-state index in [2.05, 4.69) is 36.7 Å². The number of aryl methyl sites for hydroxylation is 2. The van der Waals surface area contributed by atoms with Crippen molar-refractivity contribution in [3.63, 3.8) is 0 Å². The second-order valence-electron chi connectivity index (χ2n) is 7.51. The van der Waals surface area contributed by atoms with Crippen LogP contribution in [0.15, 0.2) is 52.9 Å². The van der Waals surface area contributed by atoms with E-state index in [0.717, 1.165) is 22.8 Å². The number of oxazole rings is 1. The van der Waals surface area contributed by atoms with Crippen molar-refractivity contribution in [2.75, 3.05) is 26.0 Å². The molecule has 8 heteroatoms. The van der Waals surface area contributed by atoms with Gasteiger partial charge in [-0.25, -0.2) is 9.97 Å². The van der Waals surface area contributed by atoms with E-state index in [1.165, 1.54) is 17.3 Å². The number of aromatic nitrogens is 3. The first-order valence-electron chi connectivity index (χ1n) is 10.1. The van der Waals surface area contributed by atoms with Gasteiger partial charge in [-0.05, 0) is 25.1 Å². The number of benzene rings is 1. The Morgan fingerprint density at radius 1 is 1.29 bits per heavy atom. The smallest absolute Gasteiger partial charge is 0.273 e. The van der Waals surface area contributed by atoms with Gasteiger partial charge in [-0.2, -0.15) is 0 Å². The fourth-order valence-electron chi connectivity index (χ4n) is 3.13. The summed E-state index contributed by atoms with van der Waals surface area (Å²) in [5.41, 5.74) is 3.72. The summed E-state index contributed by atoms with van der Waals surface area (Å²) in [5.74, 6) is 1.63. The lowest BCUT2D eigenvalue weighted by molar-refractivity contribution is 0.0817. The Kier molecular flexibility index (Phi) is 7.22. The van der Waals surface area contributed by atoms with E-state index in [0.29, 0.717) is 29.7 Å².